The normalized spacial score (nSPS) is 28.0. The number of hydrogen-bond acceptors (Lipinski definition) is 2. The van der Waals surface area contributed by atoms with Crippen LogP contribution in [0.3, 0.4) is 0 Å². The first-order valence-corrected chi connectivity index (χ1v) is 7.16. The van der Waals surface area contributed by atoms with Crippen LogP contribution in [0, 0.1) is 11.3 Å². The highest BCUT2D eigenvalue weighted by atomic mass is 16.2. The quantitative estimate of drug-likeness (QED) is 0.881. The van der Waals surface area contributed by atoms with E-state index in [2.05, 4.69) is 10.6 Å². The summed E-state index contributed by atoms with van der Waals surface area (Å²) in [6.07, 6.45) is 1.94. The van der Waals surface area contributed by atoms with Crippen LogP contribution < -0.4 is 10.6 Å². The Hall–Kier alpha value is -1.84. The molecule has 20 heavy (non-hydrogen) atoms. The molecule has 0 aromatic heterocycles. The second-order valence-corrected chi connectivity index (χ2v) is 6.34. The largest absolute Gasteiger partial charge is 0.350 e. The van der Waals surface area contributed by atoms with Gasteiger partial charge in [0.1, 0.15) is 0 Å². The molecule has 0 bridgehead atoms. The van der Waals surface area contributed by atoms with Crippen molar-refractivity contribution in [3.8, 4) is 0 Å². The Labute approximate surface area is 118 Å². The number of carbonyl (C=O) groups is 2. The molecule has 2 amide bonds. The maximum Gasteiger partial charge on any atom is 0.228 e. The van der Waals surface area contributed by atoms with E-state index in [0.29, 0.717) is 0 Å². The van der Waals surface area contributed by atoms with Gasteiger partial charge >= 0.3 is 0 Å². The standard InChI is InChI=1S/C16H20N2O2/c1-16(2)13(18-14(19)11-8-9-11)12(17-15(16)20)10-6-4-3-5-7-10/h3-7,11-13H,8-9H2,1-2H3,(H,17,20)(H,18,19)/t12-,13-/m1/s1. The van der Waals surface area contributed by atoms with Crippen molar-refractivity contribution in [1.29, 1.82) is 0 Å². The topological polar surface area (TPSA) is 58.2 Å². The minimum Gasteiger partial charge on any atom is -0.350 e. The molecule has 2 fully saturated rings. The van der Waals surface area contributed by atoms with E-state index in [-0.39, 0.29) is 29.8 Å². The molecule has 1 heterocycles. The van der Waals surface area contributed by atoms with E-state index in [0.717, 1.165) is 18.4 Å². The summed E-state index contributed by atoms with van der Waals surface area (Å²) in [4.78, 5) is 24.3. The Morgan fingerprint density at radius 1 is 1.25 bits per heavy atom. The molecule has 4 heteroatoms. The van der Waals surface area contributed by atoms with Crippen molar-refractivity contribution in [2.75, 3.05) is 0 Å². The monoisotopic (exact) mass is 272 g/mol. The molecule has 1 aromatic rings. The molecule has 2 N–H and O–H groups in total. The summed E-state index contributed by atoms with van der Waals surface area (Å²) in [6, 6.07) is 9.47. The highest BCUT2D eigenvalue weighted by Gasteiger charge is 2.50. The summed E-state index contributed by atoms with van der Waals surface area (Å²) in [6.45, 7) is 3.78. The number of rotatable bonds is 3. The van der Waals surface area contributed by atoms with E-state index in [4.69, 9.17) is 0 Å². The molecular formula is C16H20N2O2. The zero-order valence-corrected chi connectivity index (χ0v) is 11.8. The second kappa shape index (κ2) is 4.62. The van der Waals surface area contributed by atoms with Gasteiger partial charge in [-0.25, -0.2) is 0 Å². The van der Waals surface area contributed by atoms with Crippen LogP contribution in [0.5, 0.6) is 0 Å². The average Bonchev–Trinajstić information content (AvgIpc) is 3.24. The molecule has 4 nitrogen and oxygen atoms in total. The summed E-state index contributed by atoms with van der Waals surface area (Å²) in [5.41, 5.74) is 0.443. The van der Waals surface area contributed by atoms with E-state index < -0.39 is 5.41 Å². The van der Waals surface area contributed by atoms with Crippen LogP contribution in [0.4, 0.5) is 0 Å². The van der Waals surface area contributed by atoms with Crippen molar-refractivity contribution >= 4 is 11.8 Å². The molecule has 0 radical (unpaired) electrons. The Kier molecular flexibility index (Phi) is 3.04. The third-order valence-electron chi connectivity index (χ3n) is 4.39. The zero-order valence-electron chi connectivity index (χ0n) is 11.8. The van der Waals surface area contributed by atoms with Crippen molar-refractivity contribution in [2.24, 2.45) is 11.3 Å². The lowest BCUT2D eigenvalue weighted by Crippen LogP contribution is -2.46. The van der Waals surface area contributed by atoms with Crippen molar-refractivity contribution in [2.45, 2.75) is 38.8 Å². The summed E-state index contributed by atoms with van der Waals surface area (Å²) >= 11 is 0. The van der Waals surface area contributed by atoms with Crippen LogP contribution >= 0.6 is 0 Å². The lowest BCUT2D eigenvalue weighted by Gasteiger charge is -2.28. The third kappa shape index (κ3) is 2.19. The summed E-state index contributed by atoms with van der Waals surface area (Å²) < 4.78 is 0. The van der Waals surface area contributed by atoms with Gasteiger partial charge in [0.2, 0.25) is 11.8 Å². The summed E-state index contributed by atoms with van der Waals surface area (Å²) in [5.74, 6) is 0.228. The Balaban J connectivity index is 1.87. The second-order valence-electron chi connectivity index (χ2n) is 6.34. The van der Waals surface area contributed by atoms with Gasteiger partial charge in [-0.3, -0.25) is 9.59 Å². The highest BCUT2D eigenvalue weighted by molar-refractivity contribution is 5.88. The molecule has 1 aliphatic heterocycles. The zero-order chi connectivity index (χ0) is 14.3. The van der Waals surface area contributed by atoms with Crippen LogP contribution in [-0.4, -0.2) is 17.9 Å². The van der Waals surface area contributed by atoms with Gasteiger partial charge in [-0.2, -0.15) is 0 Å². The molecule has 3 rings (SSSR count). The van der Waals surface area contributed by atoms with E-state index >= 15 is 0 Å². The minimum atomic E-state index is -0.592. The summed E-state index contributed by atoms with van der Waals surface area (Å²) in [5, 5.41) is 6.11. The lowest BCUT2D eigenvalue weighted by molar-refractivity contribution is -0.127. The van der Waals surface area contributed by atoms with Crippen molar-refractivity contribution < 1.29 is 9.59 Å². The molecule has 0 spiro atoms. The maximum atomic E-state index is 12.2. The van der Waals surface area contributed by atoms with E-state index in [9.17, 15) is 9.59 Å². The molecule has 1 aliphatic carbocycles. The van der Waals surface area contributed by atoms with Gasteiger partial charge in [0, 0.05) is 5.92 Å². The molecule has 1 saturated heterocycles. The van der Waals surface area contributed by atoms with Crippen LogP contribution in [-0.2, 0) is 9.59 Å². The van der Waals surface area contributed by atoms with Crippen molar-refractivity contribution in [3.63, 3.8) is 0 Å². The first-order chi connectivity index (χ1) is 9.50. The molecule has 1 saturated carbocycles. The van der Waals surface area contributed by atoms with E-state index in [1.807, 2.05) is 44.2 Å². The van der Waals surface area contributed by atoms with Crippen molar-refractivity contribution in [1.82, 2.24) is 10.6 Å². The van der Waals surface area contributed by atoms with Gasteiger partial charge < -0.3 is 10.6 Å². The molecular weight excluding hydrogens is 252 g/mol. The fourth-order valence-electron chi connectivity index (χ4n) is 2.79. The van der Waals surface area contributed by atoms with Crippen LogP contribution in [0.2, 0.25) is 0 Å². The number of hydrogen-bond donors (Lipinski definition) is 2. The van der Waals surface area contributed by atoms with Crippen molar-refractivity contribution in [3.05, 3.63) is 35.9 Å². The predicted molar refractivity (Wildman–Crippen MR) is 75.8 cm³/mol. The van der Waals surface area contributed by atoms with E-state index in [1.54, 1.807) is 0 Å². The van der Waals surface area contributed by atoms with Gasteiger partial charge in [0.05, 0.1) is 17.5 Å². The van der Waals surface area contributed by atoms with Crippen LogP contribution in [0.15, 0.2) is 30.3 Å². The number of nitrogens with one attached hydrogen (secondary N) is 2. The van der Waals surface area contributed by atoms with Crippen LogP contribution in [0.1, 0.15) is 38.3 Å². The molecule has 1 aromatic carbocycles. The van der Waals surface area contributed by atoms with Crippen LogP contribution in [0.25, 0.3) is 0 Å². The van der Waals surface area contributed by atoms with Gasteiger partial charge in [-0.1, -0.05) is 30.3 Å². The van der Waals surface area contributed by atoms with Gasteiger partial charge in [0.25, 0.3) is 0 Å². The first-order valence-electron chi connectivity index (χ1n) is 7.16. The maximum absolute atomic E-state index is 12.2. The molecule has 0 unspecified atom stereocenters. The highest BCUT2D eigenvalue weighted by Crippen LogP contribution is 2.38. The van der Waals surface area contributed by atoms with E-state index in [1.165, 1.54) is 0 Å². The Morgan fingerprint density at radius 3 is 2.50 bits per heavy atom. The number of benzene rings is 1. The van der Waals surface area contributed by atoms with Gasteiger partial charge in [-0.05, 0) is 32.3 Å². The Bertz CT molecular complexity index is 535. The molecule has 106 valence electrons. The molecule has 2 atom stereocenters. The van der Waals surface area contributed by atoms with Gasteiger partial charge in [0.15, 0.2) is 0 Å². The fourth-order valence-corrected chi connectivity index (χ4v) is 2.79. The third-order valence-corrected chi connectivity index (χ3v) is 4.39. The number of amides is 2. The van der Waals surface area contributed by atoms with Gasteiger partial charge in [-0.15, -0.1) is 0 Å². The Morgan fingerprint density at radius 2 is 1.90 bits per heavy atom. The smallest absolute Gasteiger partial charge is 0.228 e. The average molecular weight is 272 g/mol. The fraction of sp³-hybridized carbons (Fsp3) is 0.500. The lowest BCUT2D eigenvalue weighted by atomic mass is 9.82. The SMILES string of the molecule is CC1(C)C(=O)N[C@H](c2ccccc2)[C@H]1NC(=O)C1CC1. The first kappa shape index (κ1) is 13.2. The number of carbonyl (C=O) groups excluding carboxylic acids is 2. The summed E-state index contributed by atoms with van der Waals surface area (Å²) in [7, 11) is 0. The predicted octanol–water partition coefficient (Wildman–Crippen LogP) is 1.78. The minimum absolute atomic E-state index is 0.00699. The molecule has 2 aliphatic rings.